The van der Waals surface area contributed by atoms with Crippen molar-refractivity contribution in [2.24, 2.45) is 5.92 Å². The highest BCUT2D eigenvalue weighted by molar-refractivity contribution is 5.94. The van der Waals surface area contributed by atoms with Crippen molar-refractivity contribution in [3.63, 3.8) is 0 Å². The van der Waals surface area contributed by atoms with Crippen LogP contribution in [0.5, 0.6) is 5.75 Å². The maximum absolute atomic E-state index is 12.9. The van der Waals surface area contributed by atoms with Gasteiger partial charge in [0, 0.05) is 12.1 Å². The van der Waals surface area contributed by atoms with Gasteiger partial charge in [0.15, 0.2) is 0 Å². The second-order valence-electron chi connectivity index (χ2n) is 8.99. The average Bonchev–Trinajstić information content (AvgIpc) is 2.86. The molecule has 196 valence electrons. The number of aryl methyl sites for hydroxylation is 1. The zero-order valence-corrected chi connectivity index (χ0v) is 20.9. The summed E-state index contributed by atoms with van der Waals surface area (Å²) >= 11 is 0. The van der Waals surface area contributed by atoms with Crippen molar-refractivity contribution in [1.29, 1.82) is 0 Å². The molecule has 0 fully saturated rings. The molecule has 8 heteroatoms. The molecule has 0 heterocycles. The van der Waals surface area contributed by atoms with E-state index < -0.39 is 17.7 Å². The molecule has 3 rings (SSSR count). The molecule has 0 aliphatic carbocycles. The van der Waals surface area contributed by atoms with E-state index in [1.807, 2.05) is 25.1 Å². The Bertz CT molecular complexity index is 1220. The number of halogens is 3. The lowest BCUT2D eigenvalue weighted by atomic mass is 9.90. The van der Waals surface area contributed by atoms with Crippen LogP contribution in [0.25, 0.3) is 11.1 Å². The van der Waals surface area contributed by atoms with Gasteiger partial charge in [0.05, 0.1) is 12.0 Å². The minimum Gasteiger partial charge on any atom is -0.485 e. The van der Waals surface area contributed by atoms with Crippen LogP contribution >= 0.6 is 0 Å². The number of ether oxygens (including phenoxy) is 1. The maximum Gasteiger partial charge on any atom is 0.416 e. The third-order valence-electron chi connectivity index (χ3n) is 6.29. The fourth-order valence-electron chi connectivity index (χ4n) is 3.94. The molecule has 0 saturated heterocycles. The van der Waals surface area contributed by atoms with Gasteiger partial charge in [0.25, 0.3) is 5.91 Å². The molecule has 0 aromatic heterocycles. The number of carbonyl (C=O) groups is 2. The zero-order chi connectivity index (χ0) is 27.2. The van der Waals surface area contributed by atoms with Crippen molar-refractivity contribution in [3.05, 3.63) is 89.0 Å². The Morgan fingerprint density at radius 2 is 1.59 bits per heavy atom. The Morgan fingerprint density at radius 1 is 0.973 bits per heavy atom. The summed E-state index contributed by atoms with van der Waals surface area (Å²) in [5.41, 5.74) is 3.16. The smallest absolute Gasteiger partial charge is 0.416 e. The van der Waals surface area contributed by atoms with Gasteiger partial charge in [-0.05, 0) is 77.9 Å². The minimum atomic E-state index is -4.37. The SMILES string of the molecule is CCC(C)C(Oc1ccc(C(=O)NCCC(=O)O)cc1)c1ccc(-c2ccc(C(F)(F)F)cc2)cc1C. The van der Waals surface area contributed by atoms with Crippen molar-refractivity contribution < 1.29 is 32.6 Å². The van der Waals surface area contributed by atoms with E-state index in [4.69, 9.17) is 9.84 Å². The Labute approximate surface area is 214 Å². The molecule has 0 radical (unpaired) electrons. The highest BCUT2D eigenvalue weighted by atomic mass is 19.4. The molecule has 3 aromatic carbocycles. The van der Waals surface area contributed by atoms with Gasteiger partial charge in [-0.15, -0.1) is 0 Å². The Morgan fingerprint density at radius 3 is 2.14 bits per heavy atom. The number of carboxylic acids is 1. The van der Waals surface area contributed by atoms with Gasteiger partial charge in [0.1, 0.15) is 11.9 Å². The first-order valence-electron chi connectivity index (χ1n) is 12.0. The van der Waals surface area contributed by atoms with Crippen molar-refractivity contribution in [3.8, 4) is 16.9 Å². The predicted octanol–water partition coefficient (Wildman–Crippen LogP) is 7.05. The van der Waals surface area contributed by atoms with E-state index in [0.717, 1.165) is 35.2 Å². The fraction of sp³-hybridized carbons (Fsp3) is 0.310. The number of benzene rings is 3. The minimum absolute atomic E-state index is 0.0459. The van der Waals surface area contributed by atoms with Crippen molar-refractivity contribution in [1.82, 2.24) is 5.32 Å². The van der Waals surface area contributed by atoms with E-state index in [-0.39, 0.29) is 30.9 Å². The highest BCUT2D eigenvalue weighted by Crippen LogP contribution is 2.35. The molecule has 2 unspecified atom stereocenters. The van der Waals surface area contributed by atoms with E-state index in [2.05, 4.69) is 19.2 Å². The van der Waals surface area contributed by atoms with Crippen LogP contribution in [0, 0.1) is 12.8 Å². The topological polar surface area (TPSA) is 75.6 Å². The quantitative estimate of drug-likeness (QED) is 0.305. The molecule has 2 atom stereocenters. The number of carbonyl (C=O) groups excluding carboxylic acids is 1. The number of hydrogen-bond acceptors (Lipinski definition) is 3. The van der Waals surface area contributed by atoms with E-state index in [9.17, 15) is 22.8 Å². The molecule has 0 aliphatic heterocycles. The van der Waals surface area contributed by atoms with Crippen LogP contribution in [0.3, 0.4) is 0 Å². The molecule has 1 amide bonds. The van der Waals surface area contributed by atoms with Crippen LogP contribution in [0.4, 0.5) is 13.2 Å². The monoisotopic (exact) mass is 513 g/mol. The first kappa shape index (κ1) is 27.8. The first-order valence-corrected chi connectivity index (χ1v) is 12.0. The Hall–Kier alpha value is -3.81. The van der Waals surface area contributed by atoms with Crippen molar-refractivity contribution in [2.75, 3.05) is 6.54 Å². The number of nitrogens with one attached hydrogen (secondary N) is 1. The Balaban J connectivity index is 1.78. The molecule has 2 N–H and O–H groups in total. The fourth-order valence-corrected chi connectivity index (χ4v) is 3.94. The van der Waals surface area contributed by atoms with E-state index in [1.165, 1.54) is 12.1 Å². The lowest BCUT2D eigenvalue weighted by molar-refractivity contribution is -0.138. The zero-order valence-electron chi connectivity index (χ0n) is 20.9. The van der Waals surface area contributed by atoms with Crippen LogP contribution < -0.4 is 10.1 Å². The maximum atomic E-state index is 12.9. The van der Waals surface area contributed by atoms with Gasteiger partial charge in [-0.3, -0.25) is 9.59 Å². The normalized spacial score (nSPS) is 13.0. The molecule has 37 heavy (non-hydrogen) atoms. The number of hydrogen-bond donors (Lipinski definition) is 2. The molecular weight excluding hydrogens is 483 g/mol. The molecule has 0 aliphatic rings. The van der Waals surface area contributed by atoms with Gasteiger partial charge in [-0.1, -0.05) is 44.2 Å². The summed E-state index contributed by atoms with van der Waals surface area (Å²) in [6, 6.07) is 17.5. The third kappa shape index (κ3) is 7.35. The molecular formula is C29H30F3NO4. The summed E-state index contributed by atoms with van der Waals surface area (Å²) in [6.45, 7) is 6.14. The van der Waals surface area contributed by atoms with Crippen LogP contribution in [-0.4, -0.2) is 23.5 Å². The number of carboxylic acid groups (broad SMARTS) is 1. The van der Waals surface area contributed by atoms with Gasteiger partial charge < -0.3 is 15.2 Å². The molecule has 5 nitrogen and oxygen atoms in total. The van der Waals surface area contributed by atoms with Gasteiger partial charge in [-0.25, -0.2) is 0 Å². The number of aliphatic carboxylic acids is 1. The van der Waals surface area contributed by atoms with E-state index >= 15 is 0 Å². The van der Waals surface area contributed by atoms with E-state index in [0.29, 0.717) is 16.9 Å². The van der Waals surface area contributed by atoms with Crippen molar-refractivity contribution >= 4 is 11.9 Å². The molecule has 0 saturated carbocycles. The summed E-state index contributed by atoms with van der Waals surface area (Å²) in [5.74, 6) is -0.600. The predicted molar refractivity (Wildman–Crippen MR) is 135 cm³/mol. The lowest BCUT2D eigenvalue weighted by Crippen LogP contribution is -2.25. The largest absolute Gasteiger partial charge is 0.485 e. The number of rotatable bonds is 10. The standard InChI is InChI=1S/C29H30F3NO4/c1-4-18(2)27(37-24-12-7-21(8-13-24)28(36)33-16-15-26(34)35)25-14-9-22(17-19(25)3)20-5-10-23(11-6-20)29(30,31)32/h5-14,17-18,27H,4,15-16H2,1-3H3,(H,33,36)(H,34,35). The molecule has 3 aromatic rings. The summed E-state index contributed by atoms with van der Waals surface area (Å²) in [6.07, 6.45) is -3.95. The van der Waals surface area contributed by atoms with E-state index in [1.54, 1.807) is 24.3 Å². The van der Waals surface area contributed by atoms with Crippen molar-refractivity contribution in [2.45, 2.75) is 45.9 Å². The van der Waals surface area contributed by atoms with Crippen LogP contribution in [0.2, 0.25) is 0 Å². The second-order valence-corrected chi connectivity index (χ2v) is 8.99. The van der Waals surface area contributed by atoms with Gasteiger partial charge >= 0.3 is 12.1 Å². The third-order valence-corrected chi connectivity index (χ3v) is 6.29. The highest BCUT2D eigenvalue weighted by Gasteiger charge is 2.30. The number of amides is 1. The van der Waals surface area contributed by atoms with Crippen LogP contribution in [-0.2, 0) is 11.0 Å². The lowest BCUT2D eigenvalue weighted by Gasteiger charge is -2.27. The summed E-state index contributed by atoms with van der Waals surface area (Å²) < 4.78 is 45.0. The molecule has 0 bridgehead atoms. The van der Waals surface area contributed by atoms with Gasteiger partial charge in [0.2, 0.25) is 0 Å². The average molecular weight is 514 g/mol. The summed E-state index contributed by atoms with van der Waals surface area (Å²) in [5, 5.41) is 11.3. The first-order chi connectivity index (χ1) is 17.5. The van der Waals surface area contributed by atoms with Crippen LogP contribution in [0.1, 0.15) is 59.8 Å². The summed E-state index contributed by atoms with van der Waals surface area (Å²) in [7, 11) is 0. The van der Waals surface area contributed by atoms with Crippen LogP contribution in [0.15, 0.2) is 66.7 Å². The number of alkyl halides is 3. The van der Waals surface area contributed by atoms with Gasteiger partial charge in [-0.2, -0.15) is 13.2 Å². The second kappa shape index (κ2) is 12.0. The Kier molecular flexibility index (Phi) is 8.97. The summed E-state index contributed by atoms with van der Waals surface area (Å²) in [4.78, 5) is 22.8. The molecule has 0 spiro atoms.